The lowest BCUT2D eigenvalue weighted by Crippen LogP contribution is -2.50. The zero-order valence-electron chi connectivity index (χ0n) is 11.8. The van der Waals surface area contributed by atoms with Crippen molar-refractivity contribution in [3.05, 3.63) is 0 Å². The first kappa shape index (κ1) is 17.0. The first-order chi connectivity index (χ1) is 8.29. The predicted molar refractivity (Wildman–Crippen MR) is 72.0 cm³/mol. The highest BCUT2D eigenvalue weighted by Crippen LogP contribution is 2.12. The molecule has 18 heavy (non-hydrogen) atoms. The van der Waals surface area contributed by atoms with E-state index in [9.17, 15) is 9.59 Å². The number of hydrogen-bond donors (Lipinski definition) is 0. The highest BCUT2D eigenvalue weighted by molar-refractivity contribution is 6.62. The Hall–Kier alpha value is -0.970. The van der Waals surface area contributed by atoms with Gasteiger partial charge in [-0.3, -0.25) is 4.79 Å². The number of ether oxygens (including phenoxy) is 1. The Balaban J connectivity index is 0.00000137. The van der Waals surface area contributed by atoms with Gasteiger partial charge in [-0.15, -0.1) is 0 Å². The van der Waals surface area contributed by atoms with Gasteiger partial charge in [0.1, 0.15) is 5.60 Å². The number of nitrogens with zero attached hydrogens (tertiary/aromatic N) is 2. The summed E-state index contributed by atoms with van der Waals surface area (Å²) in [6.45, 7) is 11.3. The van der Waals surface area contributed by atoms with E-state index in [1.807, 2.05) is 34.6 Å². The van der Waals surface area contributed by atoms with Gasteiger partial charge < -0.3 is 14.5 Å². The number of amides is 2. The first-order valence-electron chi connectivity index (χ1n) is 6.22. The van der Waals surface area contributed by atoms with Gasteiger partial charge in [0.15, 0.2) is 0 Å². The Morgan fingerprint density at radius 3 is 1.72 bits per heavy atom. The SMILES string of the molecule is CC.CC(C)(C)OC(=O)N1CCN(C(=O)Cl)CC1. The minimum Gasteiger partial charge on any atom is -0.444 e. The third-order valence-electron chi connectivity index (χ3n) is 2.18. The van der Waals surface area contributed by atoms with Gasteiger partial charge in [-0.25, -0.2) is 4.79 Å². The molecule has 1 aliphatic rings. The number of carbonyl (C=O) groups is 2. The van der Waals surface area contributed by atoms with Crippen LogP contribution in [0.2, 0.25) is 0 Å². The molecule has 0 aromatic carbocycles. The Bertz CT molecular complexity index is 282. The number of carbonyl (C=O) groups excluding carboxylic acids is 2. The van der Waals surface area contributed by atoms with E-state index in [2.05, 4.69) is 0 Å². The third kappa shape index (κ3) is 6.10. The molecule has 1 fully saturated rings. The van der Waals surface area contributed by atoms with Crippen molar-refractivity contribution in [1.29, 1.82) is 0 Å². The smallest absolute Gasteiger partial charge is 0.410 e. The Kier molecular flexibility index (Phi) is 7.06. The Morgan fingerprint density at radius 1 is 1.00 bits per heavy atom. The van der Waals surface area contributed by atoms with Gasteiger partial charge in [-0.05, 0) is 32.4 Å². The molecule has 0 bridgehead atoms. The van der Waals surface area contributed by atoms with E-state index in [1.165, 1.54) is 4.90 Å². The fraction of sp³-hybridized carbons (Fsp3) is 0.833. The third-order valence-corrected chi connectivity index (χ3v) is 2.42. The molecule has 2 amide bonds. The summed E-state index contributed by atoms with van der Waals surface area (Å²) in [5.74, 6) is 0. The molecule has 1 saturated heterocycles. The molecular weight excluding hydrogens is 256 g/mol. The van der Waals surface area contributed by atoms with Crippen LogP contribution in [0.1, 0.15) is 34.6 Å². The molecule has 0 spiro atoms. The summed E-state index contributed by atoms with van der Waals surface area (Å²) in [4.78, 5) is 25.6. The van der Waals surface area contributed by atoms with Gasteiger partial charge in [0.25, 0.3) is 0 Å². The summed E-state index contributed by atoms with van der Waals surface area (Å²) in [7, 11) is 0. The second kappa shape index (κ2) is 7.46. The van der Waals surface area contributed by atoms with Gasteiger partial charge in [-0.1, -0.05) is 13.8 Å². The number of piperazine rings is 1. The summed E-state index contributed by atoms with van der Waals surface area (Å²) >= 11 is 5.34. The average molecular weight is 279 g/mol. The molecule has 0 aromatic rings. The standard InChI is InChI=1S/C10H17ClN2O3.C2H6/c1-10(2,3)16-9(15)13-6-4-12(5-7-13)8(11)14;1-2/h4-7H2,1-3H3;1-2H3. The quantitative estimate of drug-likeness (QED) is 0.506. The Labute approximate surface area is 114 Å². The predicted octanol–water partition coefficient (Wildman–Crippen LogP) is 2.92. The van der Waals surface area contributed by atoms with E-state index in [0.29, 0.717) is 26.2 Å². The molecule has 0 unspecified atom stereocenters. The highest BCUT2D eigenvalue weighted by Gasteiger charge is 2.26. The molecule has 0 aromatic heterocycles. The normalized spacial score (nSPS) is 15.7. The molecule has 1 heterocycles. The second-order valence-electron chi connectivity index (χ2n) is 4.71. The topological polar surface area (TPSA) is 49.9 Å². The van der Waals surface area contributed by atoms with Crippen molar-refractivity contribution < 1.29 is 14.3 Å². The summed E-state index contributed by atoms with van der Waals surface area (Å²) in [5, 5.41) is -0.469. The lowest BCUT2D eigenvalue weighted by Gasteiger charge is -2.34. The lowest BCUT2D eigenvalue weighted by atomic mass is 10.2. The van der Waals surface area contributed by atoms with Crippen LogP contribution in [-0.2, 0) is 4.74 Å². The molecule has 1 aliphatic heterocycles. The molecule has 0 atom stereocenters. The first-order valence-corrected chi connectivity index (χ1v) is 6.60. The van der Waals surface area contributed by atoms with Crippen molar-refractivity contribution in [3.63, 3.8) is 0 Å². The van der Waals surface area contributed by atoms with Crippen LogP contribution in [0, 0.1) is 0 Å². The maximum absolute atomic E-state index is 11.7. The van der Waals surface area contributed by atoms with Gasteiger partial charge in [0.05, 0.1) is 0 Å². The average Bonchev–Trinajstić information content (AvgIpc) is 2.29. The van der Waals surface area contributed by atoms with E-state index in [-0.39, 0.29) is 6.09 Å². The maximum Gasteiger partial charge on any atom is 0.410 e. The lowest BCUT2D eigenvalue weighted by molar-refractivity contribution is 0.0177. The van der Waals surface area contributed by atoms with E-state index < -0.39 is 11.0 Å². The van der Waals surface area contributed by atoms with E-state index >= 15 is 0 Å². The molecule has 0 aliphatic carbocycles. The molecule has 0 N–H and O–H groups in total. The van der Waals surface area contributed by atoms with Crippen molar-refractivity contribution >= 4 is 23.1 Å². The highest BCUT2D eigenvalue weighted by atomic mass is 35.5. The van der Waals surface area contributed by atoms with Crippen molar-refractivity contribution in [2.24, 2.45) is 0 Å². The largest absolute Gasteiger partial charge is 0.444 e. The molecule has 1 rings (SSSR count). The molecule has 106 valence electrons. The zero-order valence-corrected chi connectivity index (χ0v) is 12.6. The zero-order chi connectivity index (χ0) is 14.3. The minimum atomic E-state index is -0.490. The van der Waals surface area contributed by atoms with Crippen LogP contribution in [0.15, 0.2) is 0 Å². The fourth-order valence-corrected chi connectivity index (χ4v) is 1.56. The molecule has 5 nitrogen and oxygen atoms in total. The minimum absolute atomic E-state index is 0.339. The summed E-state index contributed by atoms with van der Waals surface area (Å²) in [6.07, 6.45) is -0.339. The summed E-state index contributed by atoms with van der Waals surface area (Å²) in [5.41, 5.74) is -0.490. The van der Waals surface area contributed by atoms with Gasteiger partial charge in [-0.2, -0.15) is 0 Å². The fourth-order valence-electron chi connectivity index (χ4n) is 1.39. The van der Waals surface area contributed by atoms with Crippen LogP contribution in [0.3, 0.4) is 0 Å². The Morgan fingerprint density at radius 2 is 1.39 bits per heavy atom. The van der Waals surface area contributed by atoms with Crippen LogP contribution in [-0.4, -0.2) is 53.0 Å². The van der Waals surface area contributed by atoms with E-state index in [4.69, 9.17) is 16.3 Å². The monoisotopic (exact) mass is 278 g/mol. The van der Waals surface area contributed by atoms with Crippen LogP contribution in [0.25, 0.3) is 0 Å². The summed E-state index contributed by atoms with van der Waals surface area (Å²) in [6, 6.07) is 0. The van der Waals surface area contributed by atoms with Crippen LogP contribution < -0.4 is 0 Å². The second-order valence-corrected chi connectivity index (χ2v) is 5.03. The van der Waals surface area contributed by atoms with Crippen LogP contribution in [0.4, 0.5) is 9.59 Å². The van der Waals surface area contributed by atoms with Gasteiger partial charge in [0, 0.05) is 26.2 Å². The van der Waals surface area contributed by atoms with Crippen LogP contribution >= 0.6 is 11.6 Å². The summed E-state index contributed by atoms with van der Waals surface area (Å²) < 4.78 is 5.22. The van der Waals surface area contributed by atoms with Gasteiger partial charge in [0.2, 0.25) is 0 Å². The van der Waals surface area contributed by atoms with Crippen molar-refractivity contribution in [2.75, 3.05) is 26.2 Å². The van der Waals surface area contributed by atoms with E-state index in [0.717, 1.165) is 0 Å². The maximum atomic E-state index is 11.7. The number of rotatable bonds is 0. The van der Waals surface area contributed by atoms with Crippen molar-refractivity contribution in [3.8, 4) is 0 Å². The molecule has 0 saturated carbocycles. The van der Waals surface area contributed by atoms with Crippen LogP contribution in [0.5, 0.6) is 0 Å². The van der Waals surface area contributed by atoms with E-state index in [1.54, 1.807) is 4.90 Å². The number of halogens is 1. The molecule has 6 heteroatoms. The molecule has 0 radical (unpaired) electrons. The van der Waals surface area contributed by atoms with Crippen molar-refractivity contribution in [1.82, 2.24) is 9.80 Å². The van der Waals surface area contributed by atoms with Gasteiger partial charge >= 0.3 is 11.5 Å². The van der Waals surface area contributed by atoms with Crippen molar-refractivity contribution in [2.45, 2.75) is 40.2 Å². The molecular formula is C12H23ClN2O3. The number of hydrogen-bond acceptors (Lipinski definition) is 3.